The molecule has 4 rings (SSSR count). The number of benzene rings is 2. The Hall–Kier alpha value is -2.73. The van der Waals surface area contributed by atoms with Gasteiger partial charge < -0.3 is 19.3 Å². The highest BCUT2D eigenvalue weighted by molar-refractivity contribution is 5.74. The average Bonchev–Trinajstić information content (AvgIpc) is 3.31. The van der Waals surface area contributed by atoms with E-state index < -0.39 is 11.9 Å². The van der Waals surface area contributed by atoms with Gasteiger partial charge in [0.25, 0.3) is 0 Å². The maximum Gasteiger partial charge on any atom is 0.309 e. The Morgan fingerprint density at radius 1 is 1.15 bits per heavy atom. The van der Waals surface area contributed by atoms with Crippen LogP contribution in [0.2, 0.25) is 0 Å². The first kappa shape index (κ1) is 17.7. The fourth-order valence-electron chi connectivity index (χ4n) is 4.24. The van der Waals surface area contributed by atoms with Crippen LogP contribution in [0.15, 0.2) is 42.5 Å². The zero-order valence-electron chi connectivity index (χ0n) is 15.4. The summed E-state index contributed by atoms with van der Waals surface area (Å²) in [5, 5.41) is 10.1. The molecule has 0 spiro atoms. The van der Waals surface area contributed by atoms with Gasteiger partial charge in [-0.3, -0.25) is 9.69 Å². The lowest BCUT2D eigenvalue weighted by Crippen LogP contribution is -2.28. The van der Waals surface area contributed by atoms with Gasteiger partial charge in [-0.2, -0.15) is 0 Å². The molecule has 27 heavy (non-hydrogen) atoms. The molecule has 0 saturated carbocycles. The molecule has 2 aliphatic rings. The molecule has 2 aliphatic heterocycles. The number of nitrogens with zero attached hydrogens (tertiary/aromatic N) is 1. The number of methoxy groups -OCH3 is 1. The molecule has 0 radical (unpaired) electrons. The second-order valence-corrected chi connectivity index (χ2v) is 6.89. The Morgan fingerprint density at radius 3 is 2.52 bits per heavy atom. The number of hydrogen-bond acceptors (Lipinski definition) is 5. The van der Waals surface area contributed by atoms with Crippen LogP contribution >= 0.6 is 0 Å². The Balaban J connectivity index is 1.71. The molecule has 2 aromatic carbocycles. The maximum absolute atomic E-state index is 12.3. The third kappa shape index (κ3) is 3.10. The normalized spacial score (nSPS) is 24.1. The van der Waals surface area contributed by atoms with Crippen molar-refractivity contribution in [3.05, 3.63) is 53.6 Å². The van der Waals surface area contributed by atoms with Gasteiger partial charge in [0.1, 0.15) is 5.75 Å². The van der Waals surface area contributed by atoms with Gasteiger partial charge in [-0.15, -0.1) is 0 Å². The number of likely N-dealkylation sites (N-methyl/N-ethyl adjacent to an activating group) is 1. The molecule has 3 atom stereocenters. The summed E-state index contributed by atoms with van der Waals surface area (Å²) in [5.41, 5.74) is 1.97. The van der Waals surface area contributed by atoms with E-state index in [2.05, 4.69) is 11.8 Å². The Labute approximate surface area is 158 Å². The van der Waals surface area contributed by atoms with Gasteiger partial charge in [0, 0.05) is 18.5 Å². The summed E-state index contributed by atoms with van der Waals surface area (Å²) in [7, 11) is 1.62. The highest BCUT2D eigenvalue weighted by atomic mass is 16.7. The molecule has 142 valence electrons. The first-order valence-electron chi connectivity index (χ1n) is 9.12. The highest BCUT2D eigenvalue weighted by Crippen LogP contribution is 2.47. The molecule has 3 unspecified atom stereocenters. The first-order chi connectivity index (χ1) is 13.1. The summed E-state index contributed by atoms with van der Waals surface area (Å²) in [6.07, 6.45) is 0. The fourth-order valence-corrected chi connectivity index (χ4v) is 4.24. The van der Waals surface area contributed by atoms with Crippen molar-refractivity contribution in [3.63, 3.8) is 0 Å². The Bertz CT molecular complexity index is 835. The van der Waals surface area contributed by atoms with Crippen molar-refractivity contribution >= 4 is 5.97 Å². The van der Waals surface area contributed by atoms with Crippen LogP contribution in [-0.4, -0.2) is 43.0 Å². The van der Waals surface area contributed by atoms with Gasteiger partial charge in [0.2, 0.25) is 6.79 Å². The highest BCUT2D eigenvalue weighted by Gasteiger charge is 2.47. The number of carboxylic acids is 1. The molecule has 6 heteroatoms. The van der Waals surface area contributed by atoms with Crippen LogP contribution in [0.3, 0.4) is 0 Å². The minimum atomic E-state index is -0.783. The number of rotatable bonds is 5. The van der Waals surface area contributed by atoms with Crippen LogP contribution in [0.25, 0.3) is 0 Å². The smallest absolute Gasteiger partial charge is 0.309 e. The van der Waals surface area contributed by atoms with E-state index in [-0.39, 0.29) is 18.8 Å². The Morgan fingerprint density at radius 2 is 1.85 bits per heavy atom. The van der Waals surface area contributed by atoms with Crippen LogP contribution in [-0.2, 0) is 4.79 Å². The van der Waals surface area contributed by atoms with E-state index in [1.165, 1.54) is 0 Å². The predicted molar refractivity (Wildman–Crippen MR) is 99.4 cm³/mol. The van der Waals surface area contributed by atoms with E-state index >= 15 is 0 Å². The van der Waals surface area contributed by atoms with Gasteiger partial charge in [-0.05, 0) is 41.9 Å². The van der Waals surface area contributed by atoms with Crippen LogP contribution < -0.4 is 14.2 Å². The van der Waals surface area contributed by atoms with E-state index in [9.17, 15) is 9.90 Å². The van der Waals surface area contributed by atoms with Crippen LogP contribution in [0.5, 0.6) is 17.2 Å². The molecule has 0 aromatic heterocycles. The largest absolute Gasteiger partial charge is 0.497 e. The minimum Gasteiger partial charge on any atom is -0.497 e. The van der Waals surface area contributed by atoms with E-state index in [4.69, 9.17) is 14.2 Å². The molecule has 1 saturated heterocycles. The van der Waals surface area contributed by atoms with E-state index in [0.717, 1.165) is 23.4 Å². The summed E-state index contributed by atoms with van der Waals surface area (Å²) >= 11 is 0. The second kappa shape index (κ2) is 7.12. The molecular weight excluding hydrogens is 346 g/mol. The quantitative estimate of drug-likeness (QED) is 0.872. The van der Waals surface area contributed by atoms with Gasteiger partial charge in [-0.25, -0.2) is 0 Å². The van der Waals surface area contributed by atoms with E-state index in [1.807, 2.05) is 42.5 Å². The van der Waals surface area contributed by atoms with Crippen molar-refractivity contribution in [1.29, 1.82) is 0 Å². The van der Waals surface area contributed by atoms with Crippen molar-refractivity contribution < 1.29 is 24.1 Å². The number of fused-ring (bicyclic) bond motifs is 1. The lowest BCUT2D eigenvalue weighted by molar-refractivity contribution is -0.143. The van der Waals surface area contributed by atoms with E-state index in [1.54, 1.807) is 7.11 Å². The third-order valence-electron chi connectivity index (χ3n) is 5.57. The Kier molecular flexibility index (Phi) is 4.66. The second-order valence-electron chi connectivity index (χ2n) is 6.89. The molecule has 0 bridgehead atoms. The van der Waals surface area contributed by atoms with Crippen LogP contribution in [0.4, 0.5) is 0 Å². The average molecular weight is 369 g/mol. The summed E-state index contributed by atoms with van der Waals surface area (Å²) in [6.45, 7) is 3.74. The maximum atomic E-state index is 12.3. The summed E-state index contributed by atoms with van der Waals surface area (Å²) in [4.78, 5) is 14.5. The summed E-state index contributed by atoms with van der Waals surface area (Å²) in [6, 6.07) is 13.3. The number of likely N-dealkylation sites (tertiary alicyclic amines) is 1. The molecule has 2 heterocycles. The minimum absolute atomic E-state index is 0.121. The molecule has 6 nitrogen and oxygen atoms in total. The molecule has 0 amide bonds. The number of aliphatic carboxylic acids is 1. The lowest BCUT2D eigenvalue weighted by atomic mass is 9.83. The zero-order chi connectivity index (χ0) is 19.0. The molecule has 1 N–H and O–H groups in total. The standard InChI is InChI=1S/C21H23NO5/c1-3-22-11-16(14-6-9-17-18(10-14)27-12-26-17)19(21(23)24)20(22)13-4-7-15(25-2)8-5-13/h4-10,16,19-20H,3,11-12H2,1-2H3,(H,23,24). The van der Waals surface area contributed by atoms with Gasteiger partial charge in [0.15, 0.2) is 11.5 Å². The number of carboxylic acid groups (broad SMARTS) is 1. The predicted octanol–water partition coefficient (Wildman–Crippen LogP) is 3.29. The summed E-state index contributed by atoms with van der Waals surface area (Å²) in [5.74, 6) is 0.714. The SMILES string of the molecule is CCN1CC(c2ccc3c(c2)OCO3)C(C(=O)O)C1c1ccc(OC)cc1. The topological polar surface area (TPSA) is 68.2 Å². The monoisotopic (exact) mass is 369 g/mol. The fraction of sp³-hybridized carbons (Fsp3) is 0.381. The van der Waals surface area contributed by atoms with Crippen molar-refractivity contribution in [2.45, 2.75) is 18.9 Å². The first-order valence-corrected chi connectivity index (χ1v) is 9.12. The number of ether oxygens (including phenoxy) is 3. The lowest BCUT2D eigenvalue weighted by Gasteiger charge is -2.26. The van der Waals surface area contributed by atoms with E-state index in [0.29, 0.717) is 18.0 Å². The zero-order valence-corrected chi connectivity index (χ0v) is 15.4. The van der Waals surface area contributed by atoms with Gasteiger partial charge >= 0.3 is 5.97 Å². The molecular formula is C21H23NO5. The van der Waals surface area contributed by atoms with Crippen molar-refractivity contribution in [3.8, 4) is 17.2 Å². The van der Waals surface area contributed by atoms with Gasteiger partial charge in [-0.1, -0.05) is 25.1 Å². The molecule has 2 aromatic rings. The number of hydrogen-bond donors (Lipinski definition) is 1. The van der Waals surface area contributed by atoms with Crippen molar-refractivity contribution in [2.75, 3.05) is 27.0 Å². The van der Waals surface area contributed by atoms with Crippen molar-refractivity contribution in [1.82, 2.24) is 4.90 Å². The summed E-state index contributed by atoms with van der Waals surface area (Å²) < 4.78 is 16.1. The van der Waals surface area contributed by atoms with Crippen molar-refractivity contribution in [2.24, 2.45) is 5.92 Å². The third-order valence-corrected chi connectivity index (χ3v) is 5.57. The molecule has 1 fully saturated rings. The van der Waals surface area contributed by atoms with Crippen LogP contribution in [0, 0.1) is 5.92 Å². The van der Waals surface area contributed by atoms with Crippen LogP contribution in [0.1, 0.15) is 30.0 Å². The molecule has 0 aliphatic carbocycles. The van der Waals surface area contributed by atoms with Gasteiger partial charge in [0.05, 0.1) is 13.0 Å². The number of carbonyl (C=O) groups is 1.